The zero-order valence-electron chi connectivity index (χ0n) is 23.2. The molecule has 1 aromatic carbocycles. The van der Waals surface area contributed by atoms with E-state index in [1.165, 1.54) is 21.1 Å². The van der Waals surface area contributed by atoms with Gasteiger partial charge in [-0.2, -0.15) is 0 Å². The van der Waals surface area contributed by atoms with Crippen LogP contribution in [0.3, 0.4) is 0 Å². The number of rotatable bonds is 16. The van der Waals surface area contributed by atoms with Crippen LogP contribution in [0.2, 0.25) is 0 Å². The summed E-state index contributed by atoms with van der Waals surface area (Å²) in [5, 5.41) is 15.5. The Bertz CT molecular complexity index is 932. The largest absolute Gasteiger partial charge is 0.469 e. The van der Waals surface area contributed by atoms with Crippen molar-refractivity contribution in [3.05, 3.63) is 35.9 Å². The van der Waals surface area contributed by atoms with Crippen molar-refractivity contribution in [3.63, 3.8) is 0 Å². The molecule has 212 valence electrons. The monoisotopic (exact) mass is 534 g/mol. The molecule has 1 rings (SSSR count). The molecule has 2 unspecified atom stereocenters. The Kier molecular flexibility index (Phi) is 14.3. The fourth-order valence-corrected chi connectivity index (χ4v) is 3.94. The minimum atomic E-state index is -0.917. The SMILES string of the molecule is COC(=O)CCC(NC(=O)[C@H](C)CC(=O)[C@H](Cc1ccccc1)NC(=O)[C@@H](CC(=O)OC)C(C)C)C(C)O. The quantitative estimate of drug-likeness (QED) is 0.273. The van der Waals surface area contributed by atoms with E-state index < -0.39 is 53.8 Å². The van der Waals surface area contributed by atoms with Crippen LogP contribution in [0.4, 0.5) is 0 Å². The normalized spacial score (nSPS) is 14.9. The van der Waals surface area contributed by atoms with E-state index in [0.717, 1.165) is 5.56 Å². The lowest BCUT2D eigenvalue weighted by molar-refractivity contribution is -0.145. The zero-order chi connectivity index (χ0) is 28.8. The Morgan fingerprint density at radius 3 is 1.97 bits per heavy atom. The van der Waals surface area contributed by atoms with E-state index in [0.29, 0.717) is 0 Å². The molecule has 5 atom stereocenters. The van der Waals surface area contributed by atoms with Crippen LogP contribution in [0, 0.1) is 17.8 Å². The number of Topliss-reactive ketones (excluding diaryl/α,β-unsaturated/α-hetero) is 1. The van der Waals surface area contributed by atoms with Gasteiger partial charge in [0.25, 0.3) is 0 Å². The number of hydrogen-bond donors (Lipinski definition) is 3. The first kappa shape index (κ1) is 32.8. The van der Waals surface area contributed by atoms with Crippen molar-refractivity contribution < 1.29 is 38.6 Å². The number of ether oxygens (including phenoxy) is 2. The molecule has 0 saturated heterocycles. The Hall–Kier alpha value is -3.27. The molecule has 0 spiro atoms. The highest BCUT2D eigenvalue weighted by molar-refractivity contribution is 5.93. The number of nitrogens with one attached hydrogen (secondary N) is 2. The number of ketones is 1. The van der Waals surface area contributed by atoms with Gasteiger partial charge in [0.15, 0.2) is 5.78 Å². The number of esters is 2. The summed E-state index contributed by atoms with van der Waals surface area (Å²) in [5.41, 5.74) is 0.828. The minimum Gasteiger partial charge on any atom is -0.469 e. The summed E-state index contributed by atoms with van der Waals surface area (Å²) in [6, 6.07) is 7.57. The predicted octanol–water partition coefficient (Wildman–Crippen LogP) is 1.96. The minimum absolute atomic E-state index is 0.0213. The van der Waals surface area contributed by atoms with Gasteiger partial charge in [-0.25, -0.2) is 0 Å². The Labute approximate surface area is 224 Å². The van der Waals surface area contributed by atoms with Crippen molar-refractivity contribution in [3.8, 4) is 0 Å². The van der Waals surface area contributed by atoms with Crippen LogP contribution in [0.1, 0.15) is 58.9 Å². The average molecular weight is 535 g/mol. The maximum absolute atomic E-state index is 13.3. The first-order valence-electron chi connectivity index (χ1n) is 12.9. The Morgan fingerprint density at radius 2 is 1.45 bits per heavy atom. The number of carbonyl (C=O) groups is 5. The van der Waals surface area contributed by atoms with Gasteiger partial charge in [0, 0.05) is 18.8 Å². The van der Waals surface area contributed by atoms with E-state index in [1.807, 2.05) is 44.2 Å². The number of hydrogen-bond acceptors (Lipinski definition) is 8. The van der Waals surface area contributed by atoms with Crippen LogP contribution in [0.25, 0.3) is 0 Å². The summed E-state index contributed by atoms with van der Waals surface area (Å²) >= 11 is 0. The highest BCUT2D eigenvalue weighted by Crippen LogP contribution is 2.18. The van der Waals surface area contributed by atoms with E-state index in [1.54, 1.807) is 6.92 Å². The molecule has 3 N–H and O–H groups in total. The third kappa shape index (κ3) is 11.4. The topological polar surface area (TPSA) is 148 Å². The van der Waals surface area contributed by atoms with Gasteiger partial charge in [0.2, 0.25) is 11.8 Å². The molecule has 0 aliphatic heterocycles. The van der Waals surface area contributed by atoms with E-state index in [4.69, 9.17) is 4.74 Å². The molecule has 2 amide bonds. The summed E-state index contributed by atoms with van der Waals surface area (Å²) in [4.78, 5) is 62.6. The van der Waals surface area contributed by atoms with E-state index >= 15 is 0 Å². The van der Waals surface area contributed by atoms with Crippen LogP contribution < -0.4 is 10.6 Å². The van der Waals surface area contributed by atoms with Gasteiger partial charge >= 0.3 is 11.9 Å². The number of methoxy groups -OCH3 is 2. The number of carbonyl (C=O) groups excluding carboxylic acids is 5. The molecule has 0 radical (unpaired) electrons. The van der Waals surface area contributed by atoms with Gasteiger partial charge in [-0.1, -0.05) is 51.1 Å². The van der Waals surface area contributed by atoms with Crippen LogP contribution in [-0.2, 0) is 39.9 Å². The van der Waals surface area contributed by atoms with Gasteiger partial charge in [-0.15, -0.1) is 0 Å². The zero-order valence-corrected chi connectivity index (χ0v) is 23.2. The number of aliphatic hydroxyl groups excluding tert-OH is 1. The summed E-state index contributed by atoms with van der Waals surface area (Å²) in [5.74, 6) is -3.82. The fraction of sp³-hybridized carbons (Fsp3) is 0.607. The van der Waals surface area contributed by atoms with Crippen molar-refractivity contribution >= 4 is 29.5 Å². The van der Waals surface area contributed by atoms with Crippen molar-refractivity contribution in [2.45, 2.75) is 78.0 Å². The molecular weight excluding hydrogens is 492 g/mol. The molecule has 10 heteroatoms. The number of amides is 2. The second-order valence-electron chi connectivity index (χ2n) is 9.92. The highest BCUT2D eigenvalue weighted by atomic mass is 16.5. The van der Waals surface area contributed by atoms with Crippen LogP contribution in [0.5, 0.6) is 0 Å². The molecule has 0 bridgehead atoms. The van der Waals surface area contributed by atoms with Gasteiger partial charge in [0.05, 0.1) is 44.7 Å². The molecule has 10 nitrogen and oxygen atoms in total. The molecular formula is C28H42N2O8. The Morgan fingerprint density at radius 1 is 0.842 bits per heavy atom. The molecule has 0 aliphatic carbocycles. The molecule has 0 saturated carbocycles. The van der Waals surface area contributed by atoms with Crippen molar-refractivity contribution in [2.75, 3.05) is 14.2 Å². The van der Waals surface area contributed by atoms with Crippen LogP contribution in [-0.4, -0.2) is 67.0 Å². The van der Waals surface area contributed by atoms with Gasteiger partial charge in [-0.3, -0.25) is 24.0 Å². The van der Waals surface area contributed by atoms with Crippen molar-refractivity contribution in [1.82, 2.24) is 10.6 Å². The second-order valence-corrected chi connectivity index (χ2v) is 9.92. The van der Waals surface area contributed by atoms with Gasteiger partial charge < -0.3 is 25.2 Å². The summed E-state index contributed by atoms with van der Waals surface area (Å²) in [6.07, 6.45) is -0.765. The Balaban J connectivity index is 2.99. The molecule has 1 aromatic rings. The average Bonchev–Trinajstić information content (AvgIpc) is 2.88. The lowest BCUT2D eigenvalue weighted by Gasteiger charge is -2.26. The predicted molar refractivity (Wildman–Crippen MR) is 141 cm³/mol. The lowest BCUT2D eigenvalue weighted by Crippen LogP contribution is -2.48. The molecule has 0 aliphatic rings. The highest BCUT2D eigenvalue weighted by Gasteiger charge is 2.31. The van der Waals surface area contributed by atoms with E-state index in [-0.39, 0.29) is 43.8 Å². The molecule has 0 fully saturated rings. The second kappa shape index (κ2) is 16.5. The maximum Gasteiger partial charge on any atom is 0.306 e. The summed E-state index contributed by atoms with van der Waals surface area (Å²) < 4.78 is 9.33. The smallest absolute Gasteiger partial charge is 0.306 e. The number of aliphatic hydroxyl groups is 1. The summed E-state index contributed by atoms with van der Waals surface area (Å²) in [6.45, 7) is 6.71. The fourth-order valence-electron chi connectivity index (χ4n) is 3.94. The molecule has 38 heavy (non-hydrogen) atoms. The lowest BCUT2D eigenvalue weighted by atomic mass is 9.90. The van der Waals surface area contributed by atoms with Crippen molar-refractivity contribution in [1.29, 1.82) is 0 Å². The molecule has 0 aromatic heterocycles. The van der Waals surface area contributed by atoms with Gasteiger partial charge in [0.1, 0.15) is 0 Å². The maximum atomic E-state index is 13.3. The van der Waals surface area contributed by atoms with Gasteiger partial charge in [-0.05, 0) is 31.2 Å². The van der Waals surface area contributed by atoms with Crippen LogP contribution >= 0.6 is 0 Å². The summed E-state index contributed by atoms with van der Waals surface area (Å²) in [7, 11) is 2.51. The van der Waals surface area contributed by atoms with Crippen LogP contribution in [0.15, 0.2) is 30.3 Å². The third-order valence-corrected chi connectivity index (χ3v) is 6.50. The third-order valence-electron chi connectivity index (χ3n) is 6.50. The number of benzene rings is 1. The first-order chi connectivity index (χ1) is 17.9. The van der Waals surface area contributed by atoms with E-state index in [9.17, 15) is 29.1 Å². The van der Waals surface area contributed by atoms with E-state index in [2.05, 4.69) is 15.4 Å². The van der Waals surface area contributed by atoms with Crippen molar-refractivity contribution in [2.24, 2.45) is 17.8 Å². The standard InChI is InChI=1S/C28H42N2O8/c1-17(2)21(16-26(34)38-6)28(36)30-23(15-20-10-8-7-9-11-20)24(32)14-18(3)27(35)29-22(19(4)31)12-13-25(33)37-5/h7-11,17-19,21-23,31H,12-16H2,1-6H3,(H,29,35)(H,30,36)/t18-,19?,21+,22?,23+/m1/s1. The molecule has 0 heterocycles. The first-order valence-corrected chi connectivity index (χ1v) is 12.9.